The third-order valence-electron chi connectivity index (χ3n) is 4.00. The highest BCUT2D eigenvalue weighted by Gasteiger charge is 2.17. The third-order valence-corrected chi connectivity index (χ3v) is 5.39. The van der Waals surface area contributed by atoms with Crippen LogP contribution in [0.5, 0.6) is 0 Å². The second kappa shape index (κ2) is 8.04. The Balaban J connectivity index is 1.97. The highest BCUT2D eigenvalue weighted by Crippen LogP contribution is 2.35. The monoisotopic (exact) mass is 295 g/mol. The van der Waals surface area contributed by atoms with E-state index >= 15 is 0 Å². The Hall–Kier alpha value is -0.540. The molecule has 1 aliphatic carbocycles. The fraction of sp³-hybridized carbons (Fsp3) is 0.647. The fourth-order valence-corrected chi connectivity index (χ4v) is 3.97. The molecule has 2 rings (SSSR count). The van der Waals surface area contributed by atoms with Crippen LogP contribution in [0.15, 0.2) is 23.1 Å². The van der Waals surface area contributed by atoms with Gasteiger partial charge in [0.25, 0.3) is 0 Å². The maximum Gasteiger partial charge on any atom is 0.137 e. The van der Waals surface area contributed by atoms with Gasteiger partial charge in [0.2, 0.25) is 0 Å². The number of halogens is 1. The zero-order valence-electron chi connectivity index (χ0n) is 12.6. The van der Waals surface area contributed by atoms with Crippen molar-refractivity contribution in [1.82, 2.24) is 5.32 Å². The van der Waals surface area contributed by atoms with Gasteiger partial charge in [-0.3, -0.25) is 0 Å². The van der Waals surface area contributed by atoms with Crippen LogP contribution in [-0.2, 0) is 0 Å². The Morgan fingerprint density at radius 3 is 2.70 bits per heavy atom. The lowest BCUT2D eigenvalue weighted by Gasteiger charge is -2.21. The number of hydrogen-bond acceptors (Lipinski definition) is 2. The lowest BCUT2D eigenvalue weighted by Crippen LogP contribution is -2.19. The number of rotatable bonds is 6. The van der Waals surface area contributed by atoms with Crippen molar-refractivity contribution in [2.75, 3.05) is 6.54 Å². The SMILES string of the molecule is CCCNC(C)c1ccc(SC2CCCCC2)c(F)c1. The molecule has 1 nitrogen and oxygen atoms in total. The molecule has 1 saturated carbocycles. The van der Waals surface area contributed by atoms with Crippen molar-refractivity contribution in [3.63, 3.8) is 0 Å². The largest absolute Gasteiger partial charge is 0.310 e. The first kappa shape index (κ1) is 15.8. The molecule has 0 saturated heterocycles. The smallest absolute Gasteiger partial charge is 0.137 e. The zero-order valence-corrected chi connectivity index (χ0v) is 13.4. The van der Waals surface area contributed by atoms with E-state index in [-0.39, 0.29) is 11.9 Å². The molecule has 1 aromatic rings. The lowest BCUT2D eigenvalue weighted by atomic mass is 10.0. The fourth-order valence-electron chi connectivity index (χ4n) is 2.72. The quantitative estimate of drug-likeness (QED) is 0.763. The molecule has 1 atom stereocenters. The van der Waals surface area contributed by atoms with E-state index in [0.717, 1.165) is 23.4 Å². The van der Waals surface area contributed by atoms with Gasteiger partial charge in [0.15, 0.2) is 0 Å². The van der Waals surface area contributed by atoms with E-state index in [9.17, 15) is 4.39 Å². The second-order valence-corrected chi connectivity index (χ2v) is 7.09. The molecular formula is C17H26FNS. The predicted octanol–water partition coefficient (Wildman–Crippen LogP) is 5.31. The van der Waals surface area contributed by atoms with Gasteiger partial charge in [0.1, 0.15) is 5.82 Å². The van der Waals surface area contributed by atoms with Crippen LogP contribution in [0.4, 0.5) is 4.39 Å². The summed E-state index contributed by atoms with van der Waals surface area (Å²) in [6.07, 6.45) is 7.52. The van der Waals surface area contributed by atoms with Gasteiger partial charge < -0.3 is 5.32 Å². The van der Waals surface area contributed by atoms with Crippen LogP contribution in [0.1, 0.15) is 64.0 Å². The van der Waals surface area contributed by atoms with Crippen LogP contribution >= 0.6 is 11.8 Å². The third kappa shape index (κ3) is 4.49. The van der Waals surface area contributed by atoms with Gasteiger partial charge in [0.05, 0.1) is 0 Å². The second-order valence-electron chi connectivity index (χ2n) is 5.74. The van der Waals surface area contributed by atoms with Crippen LogP contribution in [0.2, 0.25) is 0 Å². The minimum atomic E-state index is -0.0526. The molecule has 3 heteroatoms. The Bertz CT molecular complexity index is 415. The highest BCUT2D eigenvalue weighted by molar-refractivity contribution is 8.00. The molecule has 0 aliphatic heterocycles. The number of benzene rings is 1. The average Bonchev–Trinajstić information content (AvgIpc) is 2.48. The maximum absolute atomic E-state index is 14.2. The summed E-state index contributed by atoms with van der Waals surface area (Å²) in [7, 11) is 0. The van der Waals surface area contributed by atoms with E-state index < -0.39 is 0 Å². The first-order valence-corrected chi connectivity index (χ1v) is 8.78. The highest BCUT2D eigenvalue weighted by atomic mass is 32.2. The van der Waals surface area contributed by atoms with Crippen molar-refractivity contribution in [3.8, 4) is 0 Å². The summed E-state index contributed by atoms with van der Waals surface area (Å²) in [5, 5.41) is 4.01. The van der Waals surface area contributed by atoms with E-state index in [1.807, 2.05) is 6.07 Å². The Labute approximate surface area is 126 Å². The lowest BCUT2D eigenvalue weighted by molar-refractivity contribution is 0.514. The van der Waals surface area contributed by atoms with Crippen molar-refractivity contribution in [2.24, 2.45) is 0 Å². The molecule has 1 fully saturated rings. The van der Waals surface area contributed by atoms with E-state index in [1.165, 1.54) is 32.1 Å². The molecule has 0 bridgehead atoms. The molecule has 0 radical (unpaired) electrons. The number of nitrogens with one attached hydrogen (secondary N) is 1. The summed E-state index contributed by atoms with van der Waals surface area (Å²) in [6.45, 7) is 5.21. The minimum absolute atomic E-state index is 0.0526. The van der Waals surface area contributed by atoms with E-state index in [0.29, 0.717) is 5.25 Å². The Morgan fingerprint density at radius 2 is 2.05 bits per heavy atom. The standard InChI is InChI=1S/C17H26FNS/c1-3-11-19-13(2)14-9-10-17(16(18)12-14)20-15-7-5-4-6-8-15/h9-10,12-13,15,19H,3-8,11H2,1-2H3. The van der Waals surface area contributed by atoms with E-state index in [4.69, 9.17) is 0 Å². The molecule has 1 unspecified atom stereocenters. The Morgan fingerprint density at radius 1 is 1.30 bits per heavy atom. The molecule has 0 amide bonds. The molecule has 0 spiro atoms. The summed E-state index contributed by atoms with van der Waals surface area (Å²) >= 11 is 1.73. The van der Waals surface area contributed by atoms with Gasteiger partial charge in [-0.05, 0) is 50.4 Å². The Kier molecular flexibility index (Phi) is 6.37. The summed E-state index contributed by atoms with van der Waals surface area (Å²) in [5.41, 5.74) is 1.05. The maximum atomic E-state index is 14.2. The van der Waals surface area contributed by atoms with Crippen molar-refractivity contribution in [1.29, 1.82) is 0 Å². The predicted molar refractivity (Wildman–Crippen MR) is 85.8 cm³/mol. The molecule has 0 aromatic heterocycles. The molecule has 0 heterocycles. The number of hydrogen-bond donors (Lipinski definition) is 1. The van der Waals surface area contributed by atoms with Crippen LogP contribution in [0.3, 0.4) is 0 Å². The van der Waals surface area contributed by atoms with Crippen molar-refractivity contribution < 1.29 is 4.39 Å². The number of thioether (sulfide) groups is 1. The average molecular weight is 295 g/mol. The normalized spacial score (nSPS) is 18.1. The first-order valence-electron chi connectivity index (χ1n) is 7.90. The molecule has 1 aliphatic rings. The van der Waals surface area contributed by atoms with Gasteiger partial charge in [-0.1, -0.05) is 32.3 Å². The van der Waals surface area contributed by atoms with Crippen molar-refractivity contribution in [2.45, 2.75) is 68.6 Å². The molecule has 1 N–H and O–H groups in total. The van der Waals surface area contributed by atoms with Gasteiger partial charge in [0, 0.05) is 16.2 Å². The van der Waals surface area contributed by atoms with Gasteiger partial charge in [-0.15, -0.1) is 11.8 Å². The summed E-state index contributed by atoms with van der Waals surface area (Å²) in [4.78, 5) is 0.823. The summed E-state index contributed by atoms with van der Waals surface area (Å²) in [6, 6.07) is 5.96. The molecular weight excluding hydrogens is 269 g/mol. The minimum Gasteiger partial charge on any atom is -0.310 e. The van der Waals surface area contributed by atoms with Gasteiger partial charge >= 0.3 is 0 Å². The van der Waals surface area contributed by atoms with Gasteiger partial charge in [-0.2, -0.15) is 0 Å². The molecule has 1 aromatic carbocycles. The van der Waals surface area contributed by atoms with Crippen LogP contribution in [0, 0.1) is 5.82 Å². The molecule has 112 valence electrons. The zero-order chi connectivity index (χ0) is 14.4. The van der Waals surface area contributed by atoms with E-state index in [2.05, 4.69) is 25.2 Å². The first-order chi connectivity index (χ1) is 9.70. The van der Waals surface area contributed by atoms with Crippen LogP contribution in [-0.4, -0.2) is 11.8 Å². The van der Waals surface area contributed by atoms with Crippen LogP contribution in [0.25, 0.3) is 0 Å². The molecule has 20 heavy (non-hydrogen) atoms. The summed E-state index contributed by atoms with van der Waals surface area (Å²) < 4.78 is 14.2. The van der Waals surface area contributed by atoms with Crippen LogP contribution < -0.4 is 5.32 Å². The topological polar surface area (TPSA) is 12.0 Å². The van der Waals surface area contributed by atoms with E-state index in [1.54, 1.807) is 17.8 Å². The van der Waals surface area contributed by atoms with Crippen molar-refractivity contribution >= 4 is 11.8 Å². The summed E-state index contributed by atoms with van der Waals surface area (Å²) in [5.74, 6) is -0.0526. The van der Waals surface area contributed by atoms with Crippen molar-refractivity contribution in [3.05, 3.63) is 29.6 Å². The van der Waals surface area contributed by atoms with Gasteiger partial charge in [-0.25, -0.2) is 4.39 Å².